The molecule has 1 heterocycles. The van der Waals surface area contributed by atoms with Gasteiger partial charge in [0.2, 0.25) is 5.91 Å². The van der Waals surface area contributed by atoms with Crippen molar-refractivity contribution in [2.24, 2.45) is 5.92 Å². The molecule has 110 valence electrons. The van der Waals surface area contributed by atoms with E-state index in [9.17, 15) is 9.90 Å². The summed E-state index contributed by atoms with van der Waals surface area (Å²) in [5.74, 6) is 1.17. The van der Waals surface area contributed by atoms with Crippen LogP contribution in [0, 0.1) is 5.92 Å². The quantitative estimate of drug-likeness (QED) is 0.687. The summed E-state index contributed by atoms with van der Waals surface area (Å²) in [6.07, 6.45) is -0.836. The number of rotatable bonds is 6. The van der Waals surface area contributed by atoms with Crippen molar-refractivity contribution < 1.29 is 19.4 Å². The van der Waals surface area contributed by atoms with Gasteiger partial charge in [0, 0.05) is 25.2 Å². The monoisotopic (exact) mass is 280 g/mol. The zero-order valence-electron chi connectivity index (χ0n) is 11.7. The van der Waals surface area contributed by atoms with Crippen molar-refractivity contribution in [3.8, 4) is 11.5 Å². The molecule has 1 saturated heterocycles. The summed E-state index contributed by atoms with van der Waals surface area (Å²) in [4.78, 5) is 11.7. The van der Waals surface area contributed by atoms with Gasteiger partial charge in [0.1, 0.15) is 11.5 Å². The third kappa shape index (κ3) is 3.20. The summed E-state index contributed by atoms with van der Waals surface area (Å²) >= 11 is 0. The SMILES string of the molecule is COc1ccc(OC)c(C(O)CNC(=O)C2CNC2)c1. The second-order valence-corrected chi connectivity index (χ2v) is 4.72. The molecule has 0 saturated carbocycles. The van der Waals surface area contributed by atoms with E-state index in [0.717, 1.165) is 0 Å². The van der Waals surface area contributed by atoms with Gasteiger partial charge in [-0.25, -0.2) is 0 Å². The van der Waals surface area contributed by atoms with Crippen LogP contribution < -0.4 is 20.1 Å². The molecule has 1 amide bonds. The van der Waals surface area contributed by atoms with Crippen LogP contribution in [0.25, 0.3) is 0 Å². The van der Waals surface area contributed by atoms with Crippen molar-refractivity contribution in [1.82, 2.24) is 10.6 Å². The van der Waals surface area contributed by atoms with E-state index in [-0.39, 0.29) is 18.4 Å². The minimum Gasteiger partial charge on any atom is -0.497 e. The first kappa shape index (κ1) is 14.6. The number of carbonyl (C=O) groups is 1. The molecule has 1 fully saturated rings. The topological polar surface area (TPSA) is 79.8 Å². The van der Waals surface area contributed by atoms with Crippen molar-refractivity contribution in [2.75, 3.05) is 33.9 Å². The lowest BCUT2D eigenvalue weighted by atomic mass is 10.0. The number of hydrogen-bond donors (Lipinski definition) is 3. The highest BCUT2D eigenvalue weighted by Crippen LogP contribution is 2.29. The molecule has 1 unspecified atom stereocenters. The van der Waals surface area contributed by atoms with Crippen LogP contribution in [0.2, 0.25) is 0 Å². The molecule has 0 aliphatic carbocycles. The van der Waals surface area contributed by atoms with Gasteiger partial charge >= 0.3 is 0 Å². The molecular weight excluding hydrogens is 260 g/mol. The Bertz CT molecular complexity index is 474. The van der Waals surface area contributed by atoms with Crippen molar-refractivity contribution in [3.05, 3.63) is 23.8 Å². The number of methoxy groups -OCH3 is 2. The van der Waals surface area contributed by atoms with Gasteiger partial charge in [0.25, 0.3) is 0 Å². The molecule has 20 heavy (non-hydrogen) atoms. The van der Waals surface area contributed by atoms with Crippen molar-refractivity contribution in [1.29, 1.82) is 0 Å². The van der Waals surface area contributed by atoms with E-state index >= 15 is 0 Å². The number of hydrogen-bond acceptors (Lipinski definition) is 5. The molecule has 1 aliphatic rings. The molecule has 0 radical (unpaired) electrons. The standard InChI is InChI=1S/C14H20N2O4/c1-19-10-3-4-13(20-2)11(5-10)12(17)8-16-14(18)9-6-15-7-9/h3-5,9,12,15,17H,6-8H2,1-2H3,(H,16,18). The first-order chi connectivity index (χ1) is 9.65. The predicted octanol–water partition coefficient (Wildman–Crippen LogP) is 0.0728. The fourth-order valence-electron chi connectivity index (χ4n) is 2.03. The lowest BCUT2D eigenvalue weighted by Crippen LogP contribution is -2.51. The molecule has 3 N–H and O–H groups in total. The maximum Gasteiger partial charge on any atom is 0.225 e. The second-order valence-electron chi connectivity index (χ2n) is 4.72. The van der Waals surface area contributed by atoms with Crippen LogP contribution in [0.1, 0.15) is 11.7 Å². The maximum absolute atomic E-state index is 11.7. The highest BCUT2D eigenvalue weighted by atomic mass is 16.5. The molecule has 1 atom stereocenters. The van der Waals surface area contributed by atoms with E-state index in [4.69, 9.17) is 9.47 Å². The minimum absolute atomic E-state index is 0.00871. The highest BCUT2D eigenvalue weighted by Gasteiger charge is 2.25. The third-order valence-electron chi connectivity index (χ3n) is 3.42. The summed E-state index contributed by atoms with van der Waals surface area (Å²) in [6.45, 7) is 1.55. The number of amides is 1. The van der Waals surface area contributed by atoms with Crippen molar-refractivity contribution in [3.63, 3.8) is 0 Å². The molecule has 1 aliphatic heterocycles. The maximum atomic E-state index is 11.7. The lowest BCUT2D eigenvalue weighted by Gasteiger charge is -2.26. The summed E-state index contributed by atoms with van der Waals surface area (Å²) < 4.78 is 10.3. The molecule has 1 aromatic rings. The van der Waals surface area contributed by atoms with Crippen LogP contribution in [0.4, 0.5) is 0 Å². The molecule has 6 nitrogen and oxygen atoms in total. The first-order valence-electron chi connectivity index (χ1n) is 6.54. The summed E-state index contributed by atoms with van der Waals surface area (Å²) in [5.41, 5.74) is 0.596. The Balaban J connectivity index is 1.99. The fourth-order valence-corrected chi connectivity index (χ4v) is 2.03. The van der Waals surface area contributed by atoms with E-state index in [0.29, 0.717) is 30.2 Å². The van der Waals surface area contributed by atoms with Crippen LogP contribution >= 0.6 is 0 Å². The van der Waals surface area contributed by atoms with E-state index < -0.39 is 6.10 Å². The number of aliphatic hydroxyl groups is 1. The molecule has 2 rings (SSSR count). The van der Waals surface area contributed by atoms with Gasteiger partial charge in [-0.15, -0.1) is 0 Å². The number of aliphatic hydroxyl groups excluding tert-OH is 1. The zero-order valence-corrected chi connectivity index (χ0v) is 11.7. The van der Waals surface area contributed by atoms with E-state index in [1.165, 1.54) is 7.11 Å². The third-order valence-corrected chi connectivity index (χ3v) is 3.42. The Labute approximate surface area is 118 Å². The fraction of sp³-hybridized carbons (Fsp3) is 0.500. The first-order valence-corrected chi connectivity index (χ1v) is 6.54. The van der Waals surface area contributed by atoms with Crippen molar-refractivity contribution in [2.45, 2.75) is 6.10 Å². The number of nitrogens with one attached hydrogen (secondary N) is 2. The molecule has 0 bridgehead atoms. The van der Waals surface area contributed by atoms with Crippen LogP contribution in [-0.2, 0) is 4.79 Å². The molecule has 0 aromatic heterocycles. The van der Waals surface area contributed by atoms with E-state index in [1.807, 2.05) is 0 Å². The van der Waals surface area contributed by atoms with Gasteiger partial charge in [-0.3, -0.25) is 4.79 Å². The molecule has 0 spiro atoms. The Hall–Kier alpha value is -1.79. The Morgan fingerprint density at radius 2 is 2.20 bits per heavy atom. The number of carbonyl (C=O) groups excluding carboxylic acids is 1. The minimum atomic E-state index is -0.836. The van der Waals surface area contributed by atoms with Crippen molar-refractivity contribution >= 4 is 5.91 Å². The molecule has 1 aromatic carbocycles. The van der Waals surface area contributed by atoms with Crippen LogP contribution in [0.3, 0.4) is 0 Å². The van der Waals surface area contributed by atoms with E-state index in [1.54, 1.807) is 25.3 Å². The van der Waals surface area contributed by atoms with Gasteiger partial charge in [0.15, 0.2) is 0 Å². The van der Waals surface area contributed by atoms with Crippen LogP contribution in [-0.4, -0.2) is 44.9 Å². The summed E-state index contributed by atoms with van der Waals surface area (Å²) in [7, 11) is 3.10. The number of benzene rings is 1. The van der Waals surface area contributed by atoms with Gasteiger partial charge < -0.3 is 25.2 Å². The smallest absolute Gasteiger partial charge is 0.225 e. The zero-order chi connectivity index (χ0) is 14.5. The van der Waals surface area contributed by atoms with Gasteiger partial charge in [-0.05, 0) is 18.2 Å². The highest BCUT2D eigenvalue weighted by molar-refractivity contribution is 5.80. The second kappa shape index (κ2) is 6.58. The average Bonchev–Trinajstić information content (AvgIpc) is 2.42. The van der Waals surface area contributed by atoms with Crippen LogP contribution in [0.15, 0.2) is 18.2 Å². The number of ether oxygens (including phenoxy) is 2. The van der Waals surface area contributed by atoms with Gasteiger partial charge in [-0.1, -0.05) is 0 Å². The Kier molecular flexibility index (Phi) is 4.81. The largest absolute Gasteiger partial charge is 0.497 e. The average molecular weight is 280 g/mol. The lowest BCUT2D eigenvalue weighted by molar-refractivity contribution is -0.126. The summed E-state index contributed by atoms with van der Waals surface area (Å²) in [6, 6.07) is 5.20. The molecular formula is C14H20N2O4. The predicted molar refractivity (Wildman–Crippen MR) is 73.9 cm³/mol. The normalized spacial score (nSPS) is 16.1. The Morgan fingerprint density at radius 3 is 2.75 bits per heavy atom. The van der Waals surface area contributed by atoms with Gasteiger partial charge in [-0.2, -0.15) is 0 Å². The summed E-state index contributed by atoms with van der Waals surface area (Å²) in [5, 5.41) is 16.0. The van der Waals surface area contributed by atoms with E-state index in [2.05, 4.69) is 10.6 Å². The van der Waals surface area contributed by atoms with Gasteiger partial charge in [0.05, 0.1) is 26.2 Å². The van der Waals surface area contributed by atoms with Crippen LogP contribution in [0.5, 0.6) is 11.5 Å². The Morgan fingerprint density at radius 1 is 1.45 bits per heavy atom. The molecule has 6 heteroatoms.